The third kappa shape index (κ3) is 27.4. The lowest BCUT2D eigenvalue weighted by Gasteiger charge is -2.42. The van der Waals surface area contributed by atoms with Crippen LogP contribution in [-0.4, -0.2) is 142 Å². The largest absolute Gasteiger partial charge is 0.462 e. The lowest BCUT2D eigenvalue weighted by atomic mass is 9.98. The van der Waals surface area contributed by atoms with E-state index in [2.05, 4.69) is 86.8 Å². The fourth-order valence-corrected chi connectivity index (χ4v) is 7.40. The molecule has 0 aromatic carbocycles. The van der Waals surface area contributed by atoms with Crippen molar-refractivity contribution in [1.82, 2.24) is 0 Å². The molecule has 0 aromatic rings. The summed E-state index contributed by atoms with van der Waals surface area (Å²) in [4.78, 5) is 25.7. The van der Waals surface area contributed by atoms with Crippen LogP contribution in [0, 0.1) is 0 Å². The van der Waals surface area contributed by atoms with Crippen LogP contribution in [0.25, 0.3) is 0 Å². The Bertz CT molecular complexity index is 1460. The van der Waals surface area contributed by atoms with Crippen molar-refractivity contribution >= 4 is 11.9 Å². The average Bonchev–Trinajstić information content (AvgIpc) is 3.33. The van der Waals surface area contributed by atoms with Gasteiger partial charge in [0, 0.05) is 12.8 Å². The first-order chi connectivity index (χ1) is 33.0. The molecular weight excluding hydrogens is 877 g/mol. The fourth-order valence-electron chi connectivity index (χ4n) is 7.40. The summed E-state index contributed by atoms with van der Waals surface area (Å²) in [5.74, 6) is -1.00. The topological polar surface area (TPSA) is 231 Å². The van der Waals surface area contributed by atoms with E-state index in [1.54, 1.807) is 0 Å². The van der Waals surface area contributed by atoms with E-state index in [1.807, 2.05) is 0 Å². The van der Waals surface area contributed by atoms with Crippen molar-refractivity contribution in [2.24, 2.45) is 0 Å². The van der Waals surface area contributed by atoms with Crippen molar-refractivity contribution < 1.29 is 73.8 Å². The number of allylic oxidation sites excluding steroid dienone is 12. The minimum atomic E-state index is -1.78. The van der Waals surface area contributed by atoms with Gasteiger partial charge in [-0.2, -0.15) is 0 Å². The van der Waals surface area contributed by atoms with E-state index in [4.69, 9.17) is 28.4 Å². The number of hydrogen-bond acceptors (Lipinski definition) is 15. The lowest BCUT2D eigenvalue weighted by Crippen LogP contribution is -2.61. The fraction of sp³-hybridized carbons (Fsp3) is 0.736. The highest BCUT2D eigenvalue weighted by atomic mass is 16.7. The van der Waals surface area contributed by atoms with Crippen LogP contribution in [0.5, 0.6) is 0 Å². The summed E-state index contributed by atoms with van der Waals surface area (Å²) in [6, 6.07) is 0. The molecule has 2 aliphatic rings. The molecule has 2 saturated heterocycles. The quantitative estimate of drug-likeness (QED) is 0.0187. The zero-order valence-electron chi connectivity index (χ0n) is 41.1. The van der Waals surface area contributed by atoms with Crippen molar-refractivity contribution in [2.75, 3.05) is 26.4 Å². The number of carbonyl (C=O) groups is 2. The van der Waals surface area contributed by atoms with Gasteiger partial charge in [-0.05, 0) is 89.9 Å². The molecule has 7 N–H and O–H groups in total. The molecule has 0 spiro atoms. The minimum absolute atomic E-state index is 0.127. The summed E-state index contributed by atoms with van der Waals surface area (Å²) >= 11 is 0. The van der Waals surface area contributed by atoms with E-state index >= 15 is 0 Å². The molecule has 2 fully saturated rings. The van der Waals surface area contributed by atoms with E-state index in [0.29, 0.717) is 12.8 Å². The third-order valence-electron chi connectivity index (χ3n) is 11.7. The van der Waals surface area contributed by atoms with E-state index in [9.17, 15) is 45.3 Å². The van der Waals surface area contributed by atoms with Gasteiger partial charge in [-0.15, -0.1) is 0 Å². The zero-order valence-corrected chi connectivity index (χ0v) is 41.1. The smallest absolute Gasteiger partial charge is 0.306 e. The molecule has 0 radical (unpaired) electrons. The van der Waals surface area contributed by atoms with Crippen LogP contribution in [0.4, 0.5) is 0 Å². The second-order valence-corrected chi connectivity index (χ2v) is 17.6. The Morgan fingerprint density at radius 1 is 0.471 bits per heavy atom. The van der Waals surface area contributed by atoms with Gasteiger partial charge in [-0.25, -0.2) is 0 Å². The number of unbranched alkanes of at least 4 members (excludes halogenated alkanes) is 12. The highest BCUT2D eigenvalue weighted by Crippen LogP contribution is 2.26. The van der Waals surface area contributed by atoms with Crippen molar-refractivity contribution in [3.63, 3.8) is 0 Å². The molecule has 0 aliphatic carbocycles. The zero-order chi connectivity index (χ0) is 49.6. The van der Waals surface area contributed by atoms with E-state index < -0.39 is 99.3 Å². The predicted octanol–water partition coefficient (Wildman–Crippen LogP) is 7.04. The Labute approximate surface area is 406 Å². The number of esters is 2. The maximum absolute atomic E-state index is 13.0. The molecule has 2 heterocycles. The number of aliphatic hydroxyl groups is 7. The molecule has 15 nitrogen and oxygen atoms in total. The van der Waals surface area contributed by atoms with Gasteiger partial charge in [-0.3, -0.25) is 9.59 Å². The number of carbonyl (C=O) groups excluding carboxylic acids is 2. The molecule has 2 aliphatic heterocycles. The minimum Gasteiger partial charge on any atom is -0.462 e. The highest BCUT2D eigenvalue weighted by molar-refractivity contribution is 5.70. The Balaban J connectivity index is 1.85. The summed E-state index contributed by atoms with van der Waals surface area (Å²) in [5.41, 5.74) is 0. The average molecular weight is 965 g/mol. The normalized spacial score (nSPS) is 26.4. The summed E-state index contributed by atoms with van der Waals surface area (Å²) in [6.45, 7) is 2.45. The number of rotatable bonds is 38. The Morgan fingerprint density at radius 2 is 0.882 bits per heavy atom. The summed E-state index contributed by atoms with van der Waals surface area (Å²) in [7, 11) is 0. The number of ether oxygens (including phenoxy) is 6. The first kappa shape index (κ1) is 61.1. The van der Waals surface area contributed by atoms with Crippen molar-refractivity contribution in [1.29, 1.82) is 0 Å². The second-order valence-electron chi connectivity index (χ2n) is 17.6. The summed E-state index contributed by atoms with van der Waals surface area (Å²) in [5, 5.41) is 72.1. The molecule has 0 amide bonds. The first-order valence-electron chi connectivity index (χ1n) is 25.5. The van der Waals surface area contributed by atoms with Gasteiger partial charge in [0.25, 0.3) is 0 Å². The molecule has 0 bridgehead atoms. The monoisotopic (exact) mass is 965 g/mol. The standard InChI is InChI=1S/C53H88O15/c1-3-5-7-9-11-13-15-17-19-20-22-24-26-28-30-32-34-36-45(56)66-41(38-63-44(55)35-33-31-29-27-25-23-21-18-16-14-12-10-8-6-4-2)39-64-52-51(62)49(60)47(58)43(68-52)40-65-53-50(61)48(59)46(57)42(37-54)67-53/h11-14,17-19,21-22,24-25,27,41-43,46-54,57-62H,3-10,15-16,20,23,26,28-40H2,1-2H3/b13-11+,14-12+,19-17+,21-18+,24-22+,27-25+/t41-,42+,43+,46-,47-,48?,49?,50?,51?,52+,53+/m1/s1. The Hall–Kier alpha value is -3.06. The molecule has 0 saturated carbocycles. The third-order valence-corrected chi connectivity index (χ3v) is 11.7. The molecule has 0 aromatic heterocycles. The van der Waals surface area contributed by atoms with Crippen molar-refractivity contribution in [2.45, 2.75) is 223 Å². The Morgan fingerprint density at radius 3 is 1.40 bits per heavy atom. The van der Waals surface area contributed by atoms with Crippen LogP contribution in [0.3, 0.4) is 0 Å². The first-order valence-corrected chi connectivity index (χ1v) is 25.5. The molecule has 15 heteroatoms. The lowest BCUT2D eigenvalue weighted by molar-refractivity contribution is -0.332. The van der Waals surface area contributed by atoms with Crippen molar-refractivity contribution in [3.8, 4) is 0 Å². The predicted molar refractivity (Wildman–Crippen MR) is 261 cm³/mol. The van der Waals surface area contributed by atoms with E-state index in [-0.39, 0.29) is 19.4 Å². The highest BCUT2D eigenvalue weighted by Gasteiger charge is 2.47. The van der Waals surface area contributed by atoms with Crippen LogP contribution in [0.2, 0.25) is 0 Å². The molecule has 2 rings (SSSR count). The van der Waals surface area contributed by atoms with Gasteiger partial charge in [0.1, 0.15) is 55.4 Å². The van der Waals surface area contributed by atoms with Gasteiger partial charge in [0.2, 0.25) is 0 Å². The summed E-state index contributed by atoms with van der Waals surface area (Å²) < 4.78 is 33.5. The second kappa shape index (κ2) is 39.6. The van der Waals surface area contributed by atoms with E-state index in [1.165, 1.54) is 38.5 Å². The number of aliphatic hydroxyl groups excluding tert-OH is 7. The van der Waals surface area contributed by atoms with Gasteiger partial charge in [0.15, 0.2) is 18.7 Å². The SMILES string of the molecule is CCCCC/C=C/C/C=C/C/C=C/CCCCCCC(=O)O[C@H](COC(=O)CCCC/C=C/C/C=C/C/C=C/CCCCC)CO[C@H]1O[C@@H](CO[C@H]2O[C@@H](CO)[C@@H](O)C(O)C2O)[C@@H](O)C(O)C1O. The van der Waals surface area contributed by atoms with Crippen LogP contribution in [-0.2, 0) is 38.0 Å². The molecule has 68 heavy (non-hydrogen) atoms. The van der Waals surface area contributed by atoms with E-state index in [0.717, 1.165) is 77.0 Å². The molecule has 4 unspecified atom stereocenters. The van der Waals surface area contributed by atoms with Gasteiger partial charge in [0.05, 0.1) is 19.8 Å². The maximum Gasteiger partial charge on any atom is 0.306 e. The molecular formula is C53H88O15. The summed E-state index contributed by atoms with van der Waals surface area (Å²) in [6.07, 6.45) is 29.3. The van der Waals surface area contributed by atoms with Gasteiger partial charge < -0.3 is 64.2 Å². The van der Waals surface area contributed by atoms with Crippen LogP contribution >= 0.6 is 0 Å². The number of hydrogen-bond donors (Lipinski definition) is 7. The maximum atomic E-state index is 13.0. The molecule has 11 atom stereocenters. The van der Waals surface area contributed by atoms with Crippen molar-refractivity contribution in [3.05, 3.63) is 72.9 Å². The van der Waals surface area contributed by atoms with Crippen LogP contribution in [0.1, 0.15) is 155 Å². The van der Waals surface area contributed by atoms with Gasteiger partial charge in [-0.1, -0.05) is 125 Å². The molecule has 390 valence electrons. The van der Waals surface area contributed by atoms with Crippen LogP contribution in [0.15, 0.2) is 72.9 Å². The van der Waals surface area contributed by atoms with Crippen LogP contribution < -0.4 is 0 Å². The Kier molecular flexibility index (Phi) is 35.6. The van der Waals surface area contributed by atoms with Gasteiger partial charge >= 0.3 is 11.9 Å².